The maximum absolute atomic E-state index is 12.5. The summed E-state index contributed by atoms with van der Waals surface area (Å²) in [5.74, 6) is 0.791. The smallest absolute Gasteiger partial charge is 0.260 e. The number of amides is 2. The van der Waals surface area contributed by atoms with Crippen LogP contribution >= 0.6 is 0 Å². The van der Waals surface area contributed by atoms with Gasteiger partial charge in [0.15, 0.2) is 18.1 Å². The van der Waals surface area contributed by atoms with Gasteiger partial charge in [0.1, 0.15) is 0 Å². The number of benzene rings is 1. The van der Waals surface area contributed by atoms with Crippen molar-refractivity contribution in [1.82, 2.24) is 15.1 Å². The summed E-state index contributed by atoms with van der Waals surface area (Å²) in [5.41, 5.74) is 0.509. The van der Waals surface area contributed by atoms with E-state index < -0.39 is 0 Å². The van der Waals surface area contributed by atoms with Gasteiger partial charge in [0, 0.05) is 44.8 Å². The lowest BCUT2D eigenvalue weighted by molar-refractivity contribution is -0.134. The van der Waals surface area contributed by atoms with Crippen molar-refractivity contribution in [3.8, 4) is 11.5 Å². The van der Waals surface area contributed by atoms with Crippen molar-refractivity contribution in [1.29, 1.82) is 0 Å². The van der Waals surface area contributed by atoms with Crippen molar-refractivity contribution in [2.75, 3.05) is 65.7 Å². The van der Waals surface area contributed by atoms with Gasteiger partial charge in [-0.2, -0.15) is 0 Å². The molecule has 2 fully saturated rings. The number of carbonyl (C=O) groups excluding carboxylic acids is 2. The van der Waals surface area contributed by atoms with Crippen molar-refractivity contribution < 1.29 is 23.8 Å². The van der Waals surface area contributed by atoms with Gasteiger partial charge in [-0.1, -0.05) is 0 Å². The Bertz CT molecular complexity index is 700. The van der Waals surface area contributed by atoms with Crippen molar-refractivity contribution in [3.63, 3.8) is 0 Å². The normalized spacial score (nSPS) is 17.4. The summed E-state index contributed by atoms with van der Waals surface area (Å²) in [6, 6.07) is 5.08. The number of likely N-dealkylation sites (tertiary alicyclic amines) is 1. The third-order valence-electron chi connectivity index (χ3n) is 5.38. The van der Waals surface area contributed by atoms with E-state index in [-0.39, 0.29) is 18.4 Å². The van der Waals surface area contributed by atoms with Gasteiger partial charge in [-0.05, 0) is 44.4 Å². The minimum atomic E-state index is -0.153. The molecule has 0 atom stereocenters. The quantitative estimate of drug-likeness (QED) is 0.654. The first-order valence-corrected chi connectivity index (χ1v) is 10.9. The largest absolute Gasteiger partial charge is 0.490 e. The summed E-state index contributed by atoms with van der Waals surface area (Å²) in [7, 11) is 0. The number of carbonyl (C=O) groups is 2. The molecule has 0 aliphatic carbocycles. The van der Waals surface area contributed by atoms with Crippen LogP contribution in [0.2, 0.25) is 0 Å². The van der Waals surface area contributed by atoms with Crippen LogP contribution in [0.4, 0.5) is 0 Å². The predicted molar refractivity (Wildman–Crippen MR) is 113 cm³/mol. The fourth-order valence-electron chi connectivity index (χ4n) is 3.67. The van der Waals surface area contributed by atoms with Crippen LogP contribution in [0.25, 0.3) is 0 Å². The summed E-state index contributed by atoms with van der Waals surface area (Å²) >= 11 is 0. The average Bonchev–Trinajstić information content (AvgIpc) is 2.79. The number of hydrogen-bond donors (Lipinski definition) is 1. The molecule has 2 amide bonds. The van der Waals surface area contributed by atoms with E-state index in [4.69, 9.17) is 14.2 Å². The lowest BCUT2D eigenvalue weighted by Gasteiger charge is -2.26. The van der Waals surface area contributed by atoms with Crippen LogP contribution in [0.3, 0.4) is 0 Å². The minimum Gasteiger partial charge on any atom is -0.490 e. The molecular weight excluding hydrogens is 386 g/mol. The summed E-state index contributed by atoms with van der Waals surface area (Å²) in [6.45, 7) is 8.54. The summed E-state index contributed by atoms with van der Waals surface area (Å²) in [6.07, 6.45) is 3.27. The van der Waals surface area contributed by atoms with E-state index in [1.54, 1.807) is 18.2 Å². The van der Waals surface area contributed by atoms with Crippen LogP contribution in [-0.2, 0) is 9.53 Å². The third-order valence-corrected chi connectivity index (χ3v) is 5.38. The molecule has 2 heterocycles. The molecule has 0 aromatic heterocycles. The highest BCUT2D eigenvalue weighted by Crippen LogP contribution is 2.28. The minimum absolute atomic E-state index is 0.0120. The zero-order chi connectivity index (χ0) is 21.2. The molecule has 0 spiro atoms. The Labute approximate surface area is 178 Å². The van der Waals surface area contributed by atoms with Crippen LogP contribution < -0.4 is 14.8 Å². The Morgan fingerprint density at radius 3 is 2.53 bits per heavy atom. The van der Waals surface area contributed by atoms with Gasteiger partial charge in [-0.3, -0.25) is 14.5 Å². The zero-order valence-corrected chi connectivity index (χ0v) is 17.9. The standard InChI is InChI=1S/C22H33N3O5/c1-2-29-20-16-18(22(27)23-8-11-24-12-14-28-15-13-24)6-7-19(20)30-17-21(26)25-9-4-3-5-10-25/h6-7,16H,2-5,8-15,17H2,1H3,(H,23,27). The zero-order valence-electron chi connectivity index (χ0n) is 17.9. The van der Waals surface area contributed by atoms with E-state index in [0.29, 0.717) is 30.2 Å². The van der Waals surface area contributed by atoms with Crippen molar-refractivity contribution in [2.24, 2.45) is 0 Å². The first-order valence-electron chi connectivity index (χ1n) is 10.9. The number of nitrogens with zero attached hydrogens (tertiary/aromatic N) is 2. The number of rotatable bonds is 9. The Morgan fingerprint density at radius 1 is 1.03 bits per heavy atom. The van der Waals surface area contributed by atoms with E-state index >= 15 is 0 Å². The highest BCUT2D eigenvalue weighted by Gasteiger charge is 2.18. The molecule has 2 aliphatic rings. The van der Waals surface area contributed by atoms with Crippen molar-refractivity contribution in [2.45, 2.75) is 26.2 Å². The van der Waals surface area contributed by atoms with E-state index in [9.17, 15) is 9.59 Å². The molecule has 1 N–H and O–H groups in total. The highest BCUT2D eigenvalue weighted by molar-refractivity contribution is 5.94. The van der Waals surface area contributed by atoms with E-state index in [1.165, 1.54) is 6.42 Å². The Balaban J connectivity index is 1.52. The molecule has 1 aromatic carbocycles. The molecule has 1 aromatic rings. The fraction of sp³-hybridized carbons (Fsp3) is 0.636. The average molecular weight is 420 g/mol. The fourth-order valence-corrected chi connectivity index (χ4v) is 3.67. The Kier molecular flexibility index (Phi) is 8.77. The van der Waals surface area contributed by atoms with Crippen LogP contribution in [-0.4, -0.2) is 87.3 Å². The van der Waals surface area contributed by atoms with E-state index in [2.05, 4.69) is 10.2 Å². The van der Waals surface area contributed by atoms with Crippen LogP contribution in [0.1, 0.15) is 36.5 Å². The van der Waals surface area contributed by atoms with Crippen LogP contribution in [0.5, 0.6) is 11.5 Å². The molecule has 0 unspecified atom stereocenters. The molecule has 0 bridgehead atoms. The number of morpholine rings is 1. The second kappa shape index (κ2) is 11.8. The second-order valence-electron chi connectivity index (χ2n) is 7.53. The molecule has 166 valence electrons. The SMILES string of the molecule is CCOc1cc(C(=O)NCCN2CCOCC2)ccc1OCC(=O)N1CCCCC1. The van der Waals surface area contributed by atoms with Gasteiger partial charge >= 0.3 is 0 Å². The van der Waals surface area contributed by atoms with Gasteiger partial charge in [-0.25, -0.2) is 0 Å². The number of piperidine rings is 1. The third kappa shape index (κ3) is 6.60. The lowest BCUT2D eigenvalue weighted by Crippen LogP contribution is -2.41. The van der Waals surface area contributed by atoms with E-state index in [0.717, 1.165) is 58.8 Å². The van der Waals surface area contributed by atoms with Crippen LogP contribution in [0.15, 0.2) is 18.2 Å². The van der Waals surface area contributed by atoms with Gasteiger partial charge < -0.3 is 24.4 Å². The topological polar surface area (TPSA) is 80.3 Å². The van der Waals surface area contributed by atoms with Crippen molar-refractivity contribution in [3.05, 3.63) is 23.8 Å². The molecule has 30 heavy (non-hydrogen) atoms. The number of ether oxygens (including phenoxy) is 3. The first kappa shape index (κ1) is 22.4. The summed E-state index contributed by atoms with van der Waals surface area (Å²) in [4.78, 5) is 29.0. The predicted octanol–water partition coefficient (Wildman–Crippen LogP) is 1.54. The van der Waals surface area contributed by atoms with Crippen LogP contribution in [0, 0.1) is 0 Å². The number of hydrogen-bond acceptors (Lipinski definition) is 6. The maximum atomic E-state index is 12.5. The monoisotopic (exact) mass is 419 g/mol. The molecule has 8 heteroatoms. The van der Waals surface area contributed by atoms with Gasteiger partial charge in [0.25, 0.3) is 11.8 Å². The molecule has 0 radical (unpaired) electrons. The summed E-state index contributed by atoms with van der Waals surface area (Å²) < 4.78 is 16.7. The molecule has 3 rings (SSSR count). The van der Waals surface area contributed by atoms with Gasteiger partial charge in [-0.15, -0.1) is 0 Å². The Hall–Kier alpha value is -2.32. The van der Waals surface area contributed by atoms with Gasteiger partial charge in [0.05, 0.1) is 19.8 Å². The molecule has 2 aliphatic heterocycles. The Morgan fingerprint density at radius 2 is 1.80 bits per heavy atom. The maximum Gasteiger partial charge on any atom is 0.260 e. The second-order valence-corrected chi connectivity index (χ2v) is 7.53. The lowest BCUT2D eigenvalue weighted by atomic mass is 10.1. The highest BCUT2D eigenvalue weighted by atomic mass is 16.5. The number of nitrogens with one attached hydrogen (secondary N) is 1. The molecule has 2 saturated heterocycles. The molecule has 8 nitrogen and oxygen atoms in total. The summed E-state index contributed by atoms with van der Waals surface area (Å²) in [5, 5.41) is 2.95. The van der Waals surface area contributed by atoms with Crippen molar-refractivity contribution >= 4 is 11.8 Å². The first-order chi connectivity index (χ1) is 14.7. The van der Waals surface area contributed by atoms with Gasteiger partial charge in [0.2, 0.25) is 0 Å². The molecular formula is C22H33N3O5. The van der Waals surface area contributed by atoms with E-state index in [1.807, 2.05) is 11.8 Å². The molecule has 0 saturated carbocycles.